The molecule has 0 aliphatic heterocycles. The summed E-state index contributed by atoms with van der Waals surface area (Å²) in [6.45, 7) is 1.96. The first-order chi connectivity index (χ1) is 12.5. The zero-order valence-electron chi connectivity index (χ0n) is 14.0. The Morgan fingerprint density at radius 2 is 1.69 bits per heavy atom. The van der Waals surface area contributed by atoms with E-state index in [1.807, 2.05) is 49.4 Å². The number of nitrogens with one attached hydrogen (secondary N) is 1. The first-order valence-corrected chi connectivity index (χ1v) is 10.4. The second-order valence-corrected chi connectivity index (χ2v) is 8.70. The predicted molar refractivity (Wildman–Crippen MR) is 107 cm³/mol. The van der Waals surface area contributed by atoms with E-state index in [1.165, 1.54) is 0 Å². The number of nitrogens with zero attached hydrogens (tertiary/aromatic N) is 1. The largest absolute Gasteiger partial charge is 0.280 e. The van der Waals surface area contributed by atoms with Gasteiger partial charge in [-0.25, -0.2) is 13.4 Å². The van der Waals surface area contributed by atoms with E-state index >= 15 is 0 Å². The molecule has 1 N–H and O–H groups in total. The molecule has 4 nitrogen and oxygen atoms in total. The summed E-state index contributed by atoms with van der Waals surface area (Å²) >= 11 is 1.55. The molecule has 0 aliphatic carbocycles. The van der Waals surface area contributed by atoms with Crippen LogP contribution in [0.5, 0.6) is 0 Å². The van der Waals surface area contributed by atoms with Crippen molar-refractivity contribution in [1.82, 2.24) is 4.98 Å². The summed E-state index contributed by atoms with van der Waals surface area (Å²) in [6, 6.07) is 22.0. The van der Waals surface area contributed by atoms with Gasteiger partial charge in [0.25, 0.3) is 10.0 Å². The molecule has 1 heterocycles. The monoisotopic (exact) mass is 380 g/mol. The molecule has 4 aromatic rings. The van der Waals surface area contributed by atoms with Crippen molar-refractivity contribution in [2.45, 2.75) is 11.8 Å². The molecule has 0 radical (unpaired) electrons. The van der Waals surface area contributed by atoms with Crippen LogP contribution in [-0.4, -0.2) is 13.4 Å². The second-order valence-electron chi connectivity index (χ2n) is 5.99. The van der Waals surface area contributed by atoms with Gasteiger partial charge in [-0.05, 0) is 43.3 Å². The highest BCUT2D eigenvalue weighted by Gasteiger charge is 2.16. The number of para-hydroxylation sites is 1. The summed E-state index contributed by atoms with van der Waals surface area (Å²) in [6.07, 6.45) is 0. The summed E-state index contributed by atoms with van der Waals surface area (Å²) in [7, 11) is -3.66. The van der Waals surface area contributed by atoms with E-state index < -0.39 is 10.0 Å². The molecule has 0 fully saturated rings. The standard InChI is InChI=1S/C20H16N2O2S2/c1-14-9-11-16(12-10-14)22-26(23,24)17-6-4-5-15(13-17)20-21-18-7-2-3-8-19(18)25-20/h2-13,22H,1H3. The van der Waals surface area contributed by atoms with E-state index in [0.717, 1.165) is 26.4 Å². The number of hydrogen-bond donors (Lipinski definition) is 1. The lowest BCUT2D eigenvalue weighted by Gasteiger charge is -2.09. The average molecular weight is 380 g/mol. The highest BCUT2D eigenvalue weighted by molar-refractivity contribution is 7.92. The van der Waals surface area contributed by atoms with E-state index in [1.54, 1.807) is 41.7 Å². The van der Waals surface area contributed by atoms with Crippen LogP contribution in [0.3, 0.4) is 0 Å². The molecule has 0 amide bonds. The zero-order chi connectivity index (χ0) is 18.1. The normalized spacial score (nSPS) is 11.6. The van der Waals surface area contributed by atoms with Crippen molar-refractivity contribution in [1.29, 1.82) is 0 Å². The maximum atomic E-state index is 12.7. The Bertz CT molecular complexity index is 1150. The maximum Gasteiger partial charge on any atom is 0.261 e. The Morgan fingerprint density at radius 1 is 0.923 bits per heavy atom. The number of hydrogen-bond acceptors (Lipinski definition) is 4. The number of sulfonamides is 1. The molecule has 0 atom stereocenters. The zero-order valence-corrected chi connectivity index (χ0v) is 15.6. The van der Waals surface area contributed by atoms with Crippen molar-refractivity contribution in [2.24, 2.45) is 0 Å². The molecular weight excluding hydrogens is 364 g/mol. The third kappa shape index (κ3) is 3.34. The van der Waals surface area contributed by atoms with Crippen LogP contribution in [0.4, 0.5) is 5.69 Å². The van der Waals surface area contributed by atoms with Crippen LogP contribution in [0.25, 0.3) is 20.8 Å². The minimum Gasteiger partial charge on any atom is -0.280 e. The fourth-order valence-corrected chi connectivity index (χ4v) is 4.69. The summed E-state index contributed by atoms with van der Waals surface area (Å²) in [5.74, 6) is 0. The molecule has 26 heavy (non-hydrogen) atoms. The van der Waals surface area contributed by atoms with E-state index in [4.69, 9.17) is 0 Å². The van der Waals surface area contributed by atoms with Gasteiger partial charge in [-0.3, -0.25) is 4.72 Å². The van der Waals surface area contributed by atoms with E-state index in [9.17, 15) is 8.42 Å². The lowest BCUT2D eigenvalue weighted by atomic mass is 10.2. The second kappa shape index (κ2) is 6.55. The Morgan fingerprint density at radius 3 is 2.46 bits per heavy atom. The summed E-state index contributed by atoms with van der Waals surface area (Å²) in [5, 5.41) is 0.804. The lowest BCUT2D eigenvalue weighted by Crippen LogP contribution is -2.12. The van der Waals surface area contributed by atoms with Crippen LogP contribution in [-0.2, 0) is 10.0 Å². The fourth-order valence-electron chi connectivity index (χ4n) is 2.63. The van der Waals surface area contributed by atoms with Gasteiger partial charge in [0.05, 0.1) is 15.1 Å². The van der Waals surface area contributed by atoms with Gasteiger partial charge in [0.15, 0.2) is 0 Å². The molecule has 0 bridgehead atoms. The maximum absolute atomic E-state index is 12.7. The number of fused-ring (bicyclic) bond motifs is 1. The summed E-state index contributed by atoms with van der Waals surface area (Å²) in [5.41, 5.74) is 3.32. The SMILES string of the molecule is Cc1ccc(NS(=O)(=O)c2cccc(-c3nc4ccccc4s3)c2)cc1. The molecular formula is C20H16N2O2S2. The van der Waals surface area contributed by atoms with E-state index in [0.29, 0.717) is 5.69 Å². The van der Waals surface area contributed by atoms with Gasteiger partial charge in [-0.2, -0.15) is 0 Å². The number of rotatable bonds is 4. The van der Waals surface area contributed by atoms with Gasteiger partial charge in [0.2, 0.25) is 0 Å². The van der Waals surface area contributed by atoms with Crippen molar-refractivity contribution in [3.05, 3.63) is 78.4 Å². The van der Waals surface area contributed by atoms with Crippen LogP contribution in [0.2, 0.25) is 0 Å². The van der Waals surface area contributed by atoms with Crippen LogP contribution in [0, 0.1) is 6.92 Å². The molecule has 0 saturated carbocycles. The molecule has 0 unspecified atom stereocenters. The van der Waals surface area contributed by atoms with Crippen molar-refractivity contribution in [3.63, 3.8) is 0 Å². The van der Waals surface area contributed by atoms with Gasteiger partial charge in [0.1, 0.15) is 5.01 Å². The molecule has 6 heteroatoms. The van der Waals surface area contributed by atoms with Crippen molar-refractivity contribution < 1.29 is 8.42 Å². The highest BCUT2D eigenvalue weighted by atomic mass is 32.2. The van der Waals surface area contributed by atoms with E-state index in [2.05, 4.69) is 9.71 Å². The number of aryl methyl sites for hydroxylation is 1. The minimum atomic E-state index is -3.66. The first-order valence-electron chi connectivity index (χ1n) is 8.07. The Balaban J connectivity index is 1.69. The molecule has 0 aliphatic rings. The van der Waals surface area contributed by atoms with Crippen LogP contribution in [0.1, 0.15) is 5.56 Å². The van der Waals surface area contributed by atoms with E-state index in [-0.39, 0.29) is 4.90 Å². The van der Waals surface area contributed by atoms with Crippen molar-refractivity contribution >= 4 is 37.3 Å². The summed E-state index contributed by atoms with van der Waals surface area (Å²) in [4.78, 5) is 4.82. The molecule has 0 spiro atoms. The van der Waals surface area contributed by atoms with Crippen molar-refractivity contribution in [3.8, 4) is 10.6 Å². The van der Waals surface area contributed by atoms with Crippen molar-refractivity contribution in [2.75, 3.05) is 4.72 Å². The van der Waals surface area contributed by atoms with Crippen LogP contribution < -0.4 is 4.72 Å². The summed E-state index contributed by atoms with van der Waals surface area (Å²) < 4.78 is 29.1. The minimum absolute atomic E-state index is 0.217. The molecule has 1 aromatic heterocycles. The smallest absolute Gasteiger partial charge is 0.261 e. The number of aromatic nitrogens is 1. The average Bonchev–Trinajstić information content (AvgIpc) is 3.08. The van der Waals surface area contributed by atoms with Gasteiger partial charge in [-0.1, -0.05) is 42.0 Å². The topological polar surface area (TPSA) is 59.1 Å². The predicted octanol–water partition coefficient (Wildman–Crippen LogP) is 5.07. The van der Waals surface area contributed by atoms with Crippen LogP contribution >= 0.6 is 11.3 Å². The number of anilines is 1. The van der Waals surface area contributed by atoms with Gasteiger partial charge in [-0.15, -0.1) is 11.3 Å². The first kappa shape index (κ1) is 16.8. The lowest BCUT2D eigenvalue weighted by molar-refractivity contribution is 0.601. The molecule has 130 valence electrons. The fraction of sp³-hybridized carbons (Fsp3) is 0.0500. The Hall–Kier alpha value is -2.70. The molecule has 4 rings (SSSR count). The number of thiazole rings is 1. The van der Waals surface area contributed by atoms with Gasteiger partial charge >= 0.3 is 0 Å². The Kier molecular flexibility index (Phi) is 4.22. The van der Waals surface area contributed by atoms with Gasteiger partial charge < -0.3 is 0 Å². The number of benzene rings is 3. The quantitative estimate of drug-likeness (QED) is 0.537. The molecule has 0 saturated heterocycles. The van der Waals surface area contributed by atoms with Gasteiger partial charge in [0, 0.05) is 11.3 Å². The molecule has 3 aromatic carbocycles. The third-order valence-corrected chi connectivity index (χ3v) is 6.45. The Labute approximate surface area is 156 Å². The highest BCUT2D eigenvalue weighted by Crippen LogP contribution is 2.31. The van der Waals surface area contributed by atoms with Crippen LogP contribution in [0.15, 0.2) is 77.7 Å². The third-order valence-electron chi connectivity index (χ3n) is 3.99.